The van der Waals surface area contributed by atoms with Crippen molar-refractivity contribution in [2.75, 3.05) is 7.11 Å². The van der Waals surface area contributed by atoms with Gasteiger partial charge in [-0.3, -0.25) is 9.59 Å². The highest BCUT2D eigenvalue weighted by Crippen LogP contribution is 2.66. The van der Waals surface area contributed by atoms with E-state index in [1.165, 1.54) is 14.0 Å². The van der Waals surface area contributed by atoms with E-state index >= 15 is 0 Å². The van der Waals surface area contributed by atoms with Gasteiger partial charge in [0, 0.05) is 29.9 Å². The lowest BCUT2D eigenvalue weighted by molar-refractivity contribution is -0.186. The van der Waals surface area contributed by atoms with Crippen LogP contribution in [0.3, 0.4) is 0 Å². The van der Waals surface area contributed by atoms with Gasteiger partial charge >= 0.3 is 17.9 Å². The molecule has 2 fully saturated rings. The number of ether oxygens (including phenoxy) is 3. The van der Waals surface area contributed by atoms with Crippen LogP contribution in [0.4, 0.5) is 0 Å². The molecular weight excluding hydrogens is 388 g/mol. The molecule has 0 radical (unpaired) electrons. The number of cyclic esters (lactones) is 1. The minimum Gasteiger partial charge on any atom is -0.472 e. The zero-order valence-corrected chi connectivity index (χ0v) is 17.8. The van der Waals surface area contributed by atoms with Gasteiger partial charge in [-0.15, -0.1) is 0 Å². The summed E-state index contributed by atoms with van der Waals surface area (Å²) >= 11 is 0. The van der Waals surface area contributed by atoms with E-state index in [-0.39, 0.29) is 23.9 Å². The molecule has 7 nitrogen and oxygen atoms in total. The van der Waals surface area contributed by atoms with Gasteiger partial charge < -0.3 is 18.6 Å². The molecule has 3 aliphatic rings. The minimum atomic E-state index is -0.839. The molecule has 1 saturated heterocycles. The van der Waals surface area contributed by atoms with Crippen molar-refractivity contribution in [1.82, 2.24) is 0 Å². The lowest BCUT2D eigenvalue weighted by Crippen LogP contribution is -2.61. The quantitative estimate of drug-likeness (QED) is 0.547. The number of carbonyl (C=O) groups is 3. The third-order valence-electron chi connectivity index (χ3n) is 7.63. The number of esters is 3. The van der Waals surface area contributed by atoms with E-state index in [4.69, 9.17) is 18.6 Å². The fraction of sp³-hybridized carbons (Fsp3) is 0.609. The van der Waals surface area contributed by atoms with Crippen molar-refractivity contribution in [2.45, 2.75) is 58.7 Å². The zero-order valence-electron chi connectivity index (χ0n) is 17.8. The minimum absolute atomic E-state index is 0.0821. The van der Waals surface area contributed by atoms with Gasteiger partial charge in [-0.05, 0) is 37.2 Å². The molecule has 1 aliphatic heterocycles. The second-order valence-electron chi connectivity index (χ2n) is 8.95. The summed E-state index contributed by atoms with van der Waals surface area (Å²) in [4.78, 5) is 38.1. The summed E-state index contributed by atoms with van der Waals surface area (Å²) in [5.74, 6) is -1.39. The van der Waals surface area contributed by atoms with Crippen LogP contribution in [0.1, 0.15) is 58.1 Å². The molecule has 4 rings (SSSR count). The van der Waals surface area contributed by atoms with Gasteiger partial charge in [0.1, 0.15) is 12.2 Å². The van der Waals surface area contributed by atoms with E-state index in [0.717, 1.165) is 5.56 Å². The Hall–Kier alpha value is -2.57. The summed E-state index contributed by atoms with van der Waals surface area (Å²) in [6, 6.07) is 1.81. The average molecular weight is 416 g/mol. The number of carbonyl (C=O) groups excluding carboxylic acids is 3. The van der Waals surface area contributed by atoms with Gasteiger partial charge in [0.25, 0.3) is 0 Å². The number of allylic oxidation sites excluding steroid dienone is 1. The Bertz CT molecular complexity index is 885. The number of hydrogen-bond donors (Lipinski definition) is 0. The first kappa shape index (κ1) is 20.7. The van der Waals surface area contributed by atoms with Crippen molar-refractivity contribution in [2.24, 2.45) is 22.7 Å². The highest BCUT2D eigenvalue weighted by molar-refractivity contribution is 5.91. The third-order valence-corrected chi connectivity index (χ3v) is 7.63. The summed E-state index contributed by atoms with van der Waals surface area (Å²) in [6.07, 6.45) is 6.46. The Balaban J connectivity index is 1.81. The van der Waals surface area contributed by atoms with E-state index in [9.17, 15) is 14.4 Å². The molecule has 1 aromatic rings. The van der Waals surface area contributed by atoms with Gasteiger partial charge in [-0.2, -0.15) is 0 Å². The molecule has 1 aromatic heterocycles. The first-order chi connectivity index (χ1) is 14.2. The first-order valence-corrected chi connectivity index (χ1v) is 10.4. The predicted octanol–water partition coefficient (Wildman–Crippen LogP) is 3.74. The van der Waals surface area contributed by atoms with Gasteiger partial charge in [-0.1, -0.05) is 19.9 Å². The van der Waals surface area contributed by atoms with Crippen LogP contribution in [0.2, 0.25) is 0 Å². The van der Waals surface area contributed by atoms with Gasteiger partial charge in [0.2, 0.25) is 0 Å². The molecule has 162 valence electrons. The largest absolute Gasteiger partial charge is 0.472 e. The molecule has 2 aliphatic carbocycles. The maximum Gasteiger partial charge on any atom is 0.334 e. The molecule has 1 saturated carbocycles. The standard InChI is InChI=1S/C23H28O7/c1-13-10-19(29-14(2)24)22(3)16(20(25)27-4)6-5-7-18(22)23(13)11-17(30-21(23)26)15-8-9-28-12-15/h6,8-9,12-13,17-19H,5,7,10-11H2,1-4H3. The van der Waals surface area contributed by atoms with Crippen LogP contribution in [0, 0.1) is 22.7 Å². The van der Waals surface area contributed by atoms with Crippen molar-refractivity contribution < 1.29 is 33.0 Å². The summed E-state index contributed by atoms with van der Waals surface area (Å²) in [5, 5.41) is 0. The second-order valence-corrected chi connectivity index (χ2v) is 8.95. The van der Waals surface area contributed by atoms with E-state index in [1.54, 1.807) is 12.5 Å². The van der Waals surface area contributed by atoms with Crippen molar-refractivity contribution in [3.8, 4) is 0 Å². The molecule has 0 amide bonds. The Morgan fingerprint density at radius 3 is 2.70 bits per heavy atom. The Morgan fingerprint density at radius 2 is 2.07 bits per heavy atom. The molecule has 6 atom stereocenters. The van der Waals surface area contributed by atoms with E-state index < -0.39 is 28.9 Å². The molecule has 1 spiro atoms. The third kappa shape index (κ3) is 2.81. The Labute approximate surface area is 175 Å². The summed E-state index contributed by atoms with van der Waals surface area (Å²) in [5.41, 5.74) is -0.302. The van der Waals surface area contributed by atoms with E-state index in [2.05, 4.69) is 0 Å². The Kier molecular flexibility index (Phi) is 5.03. The van der Waals surface area contributed by atoms with E-state index in [0.29, 0.717) is 31.3 Å². The lowest BCUT2D eigenvalue weighted by atomic mass is 9.45. The highest BCUT2D eigenvalue weighted by Gasteiger charge is 2.69. The summed E-state index contributed by atoms with van der Waals surface area (Å²) in [6.45, 7) is 5.32. The number of methoxy groups -OCH3 is 1. The molecule has 2 heterocycles. The topological polar surface area (TPSA) is 92.0 Å². The smallest absolute Gasteiger partial charge is 0.334 e. The van der Waals surface area contributed by atoms with Crippen molar-refractivity contribution in [3.05, 3.63) is 35.8 Å². The Morgan fingerprint density at radius 1 is 1.30 bits per heavy atom. The predicted molar refractivity (Wildman–Crippen MR) is 105 cm³/mol. The molecule has 0 aromatic carbocycles. The molecule has 6 unspecified atom stereocenters. The fourth-order valence-corrected chi connectivity index (χ4v) is 6.20. The monoisotopic (exact) mass is 416 g/mol. The molecule has 30 heavy (non-hydrogen) atoms. The molecule has 7 heteroatoms. The molecular formula is C23H28O7. The molecule has 0 bridgehead atoms. The van der Waals surface area contributed by atoms with Crippen molar-refractivity contribution in [3.63, 3.8) is 0 Å². The molecule has 0 N–H and O–H groups in total. The van der Waals surface area contributed by atoms with Crippen LogP contribution < -0.4 is 0 Å². The van der Waals surface area contributed by atoms with E-state index in [1.807, 2.05) is 26.0 Å². The van der Waals surface area contributed by atoms with Gasteiger partial charge in [0.05, 0.1) is 25.1 Å². The summed E-state index contributed by atoms with van der Waals surface area (Å²) < 4.78 is 21.9. The average Bonchev–Trinajstić information content (AvgIpc) is 3.34. The lowest BCUT2D eigenvalue weighted by Gasteiger charge is -2.58. The normalized spacial score (nSPS) is 37.9. The SMILES string of the molecule is COC(=O)C1=CCCC2C1(C)C(OC(C)=O)CC(C)C21CC(c2ccoc2)OC1=O. The van der Waals surface area contributed by atoms with Crippen LogP contribution in [0.25, 0.3) is 0 Å². The second kappa shape index (κ2) is 7.29. The van der Waals surface area contributed by atoms with Crippen LogP contribution in [0.5, 0.6) is 0 Å². The zero-order chi connectivity index (χ0) is 21.7. The number of rotatable bonds is 3. The number of hydrogen-bond acceptors (Lipinski definition) is 7. The first-order valence-electron chi connectivity index (χ1n) is 10.4. The number of fused-ring (bicyclic) bond motifs is 2. The van der Waals surface area contributed by atoms with Crippen LogP contribution in [-0.2, 0) is 28.6 Å². The fourth-order valence-electron chi connectivity index (χ4n) is 6.20. The van der Waals surface area contributed by atoms with Crippen molar-refractivity contribution >= 4 is 17.9 Å². The van der Waals surface area contributed by atoms with Gasteiger partial charge in [-0.25, -0.2) is 4.79 Å². The maximum atomic E-state index is 13.4. The van der Waals surface area contributed by atoms with Crippen LogP contribution >= 0.6 is 0 Å². The summed E-state index contributed by atoms with van der Waals surface area (Å²) in [7, 11) is 1.34. The number of furan rings is 1. The van der Waals surface area contributed by atoms with Crippen LogP contribution in [-0.4, -0.2) is 31.1 Å². The highest BCUT2D eigenvalue weighted by atomic mass is 16.6. The van der Waals surface area contributed by atoms with Crippen molar-refractivity contribution in [1.29, 1.82) is 0 Å². The maximum absolute atomic E-state index is 13.4. The van der Waals surface area contributed by atoms with Crippen LogP contribution in [0.15, 0.2) is 34.7 Å². The van der Waals surface area contributed by atoms with Gasteiger partial charge in [0.15, 0.2) is 0 Å².